The number of hydrogen-bond acceptors (Lipinski definition) is 7. The number of nitrogens with zero attached hydrogens (tertiary/aromatic N) is 1. The molecule has 0 spiro atoms. The van der Waals surface area contributed by atoms with Crippen molar-refractivity contribution in [3.05, 3.63) is 35.9 Å². The van der Waals surface area contributed by atoms with E-state index in [0.29, 0.717) is 12.0 Å². The summed E-state index contributed by atoms with van der Waals surface area (Å²) in [6, 6.07) is 7.58. The van der Waals surface area contributed by atoms with Gasteiger partial charge in [-0.3, -0.25) is 14.4 Å². The maximum Gasteiger partial charge on any atom is 0.333 e. The standard InChI is InChI=1S/C19H17Cl3N2O6S/c1-17-7-18(17,16(28)29-8-19(20,21)22)24-14(27)11(15(24)31-17)23-13(26)12(30-9-25)10-5-3-2-4-6-10/h2-6,9,11-12,15H,7-8H2,1H3,(H,23,26)/t11?,12?,15-,17?,18?/m1/s1. The number of alkyl halides is 3. The highest BCUT2D eigenvalue weighted by molar-refractivity contribution is 8.02. The zero-order chi connectivity index (χ0) is 22.6. The Morgan fingerprint density at radius 3 is 2.65 bits per heavy atom. The van der Waals surface area contributed by atoms with Gasteiger partial charge in [0.15, 0.2) is 5.54 Å². The molecule has 0 bridgehead atoms. The van der Waals surface area contributed by atoms with Gasteiger partial charge in [0.25, 0.3) is 12.4 Å². The summed E-state index contributed by atoms with van der Waals surface area (Å²) in [6.45, 7) is 1.59. The summed E-state index contributed by atoms with van der Waals surface area (Å²) >= 11 is 18.4. The summed E-state index contributed by atoms with van der Waals surface area (Å²) in [5.74, 6) is -1.69. The van der Waals surface area contributed by atoms with Crippen molar-refractivity contribution in [2.75, 3.05) is 6.61 Å². The Morgan fingerprint density at radius 2 is 2.03 bits per heavy atom. The second-order valence-corrected chi connectivity index (χ2v) is 11.8. The van der Waals surface area contributed by atoms with E-state index < -0.39 is 56.0 Å². The van der Waals surface area contributed by atoms with Crippen LogP contribution in [0.15, 0.2) is 30.3 Å². The number of nitrogens with one attached hydrogen (secondary N) is 1. The third-order valence-corrected chi connectivity index (χ3v) is 7.77. The Labute approximate surface area is 196 Å². The van der Waals surface area contributed by atoms with Crippen LogP contribution >= 0.6 is 46.6 Å². The van der Waals surface area contributed by atoms with E-state index in [9.17, 15) is 19.2 Å². The second kappa shape index (κ2) is 7.72. The van der Waals surface area contributed by atoms with Gasteiger partial charge >= 0.3 is 5.97 Å². The van der Waals surface area contributed by atoms with E-state index in [1.807, 2.05) is 6.92 Å². The van der Waals surface area contributed by atoms with Crippen LogP contribution in [-0.4, -0.2) is 61.3 Å². The van der Waals surface area contributed by atoms with Gasteiger partial charge in [-0.15, -0.1) is 11.8 Å². The third-order valence-electron chi connectivity index (χ3n) is 5.71. The molecule has 4 rings (SSSR count). The van der Waals surface area contributed by atoms with Crippen LogP contribution in [0.3, 0.4) is 0 Å². The van der Waals surface area contributed by atoms with Gasteiger partial charge in [0, 0.05) is 12.0 Å². The van der Waals surface area contributed by atoms with E-state index >= 15 is 0 Å². The van der Waals surface area contributed by atoms with Crippen molar-refractivity contribution in [2.24, 2.45) is 0 Å². The van der Waals surface area contributed by atoms with Gasteiger partial charge in [-0.05, 0) is 6.92 Å². The van der Waals surface area contributed by atoms with Gasteiger partial charge in [0.05, 0.1) is 4.75 Å². The number of ether oxygens (including phenoxy) is 2. The average Bonchev–Trinajstić information content (AvgIpc) is 3.25. The molecule has 2 amide bonds. The maximum absolute atomic E-state index is 12.9. The molecular weight excluding hydrogens is 491 g/mol. The van der Waals surface area contributed by atoms with E-state index in [4.69, 9.17) is 44.3 Å². The second-order valence-electron chi connectivity index (χ2n) is 7.69. The van der Waals surface area contributed by atoms with Crippen molar-refractivity contribution >= 4 is 70.8 Å². The molecule has 1 saturated carbocycles. The molecule has 8 nitrogen and oxygen atoms in total. The van der Waals surface area contributed by atoms with Crippen LogP contribution in [0.1, 0.15) is 25.0 Å². The largest absolute Gasteiger partial charge is 0.459 e. The number of benzene rings is 1. The first-order valence-electron chi connectivity index (χ1n) is 9.23. The first-order valence-corrected chi connectivity index (χ1v) is 11.2. The molecule has 1 aromatic rings. The molecule has 166 valence electrons. The van der Waals surface area contributed by atoms with Crippen molar-refractivity contribution in [1.82, 2.24) is 10.2 Å². The SMILES string of the molecule is CC12CC1(C(=O)OCC(Cl)(Cl)Cl)N1C(=O)C(NC(=O)C(OC=O)c3ccccc3)[C@H]1S2. The van der Waals surface area contributed by atoms with Crippen molar-refractivity contribution < 1.29 is 28.7 Å². The fourth-order valence-electron chi connectivity index (χ4n) is 4.17. The smallest absolute Gasteiger partial charge is 0.333 e. The molecule has 12 heteroatoms. The molecule has 0 radical (unpaired) electrons. The molecule has 2 saturated heterocycles. The quantitative estimate of drug-likeness (QED) is 0.261. The summed E-state index contributed by atoms with van der Waals surface area (Å²) in [5.41, 5.74) is -0.675. The maximum atomic E-state index is 12.9. The Bertz CT molecular complexity index is 944. The zero-order valence-electron chi connectivity index (χ0n) is 16.0. The van der Waals surface area contributed by atoms with Crippen LogP contribution in [0, 0.1) is 0 Å². The first-order chi connectivity index (χ1) is 14.5. The van der Waals surface area contributed by atoms with E-state index in [-0.39, 0.29) is 6.47 Å². The third kappa shape index (κ3) is 3.65. The minimum absolute atomic E-state index is 0.183. The number of fused-ring (bicyclic) bond motifs is 3. The highest BCUT2D eigenvalue weighted by Crippen LogP contribution is 2.72. The minimum atomic E-state index is -1.76. The highest BCUT2D eigenvalue weighted by atomic mass is 35.6. The van der Waals surface area contributed by atoms with Gasteiger partial charge in [-0.25, -0.2) is 4.79 Å². The lowest BCUT2D eigenvalue weighted by Gasteiger charge is -2.46. The molecular formula is C19H17Cl3N2O6S. The molecule has 2 heterocycles. The fraction of sp³-hybridized carbons (Fsp3) is 0.474. The molecule has 31 heavy (non-hydrogen) atoms. The lowest BCUT2D eigenvalue weighted by Crippen LogP contribution is -2.72. The van der Waals surface area contributed by atoms with E-state index in [1.54, 1.807) is 30.3 Å². The summed E-state index contributed by atoms with van der Waals surface area (Å²) in [5, 5.41) is 2.19. The normalized spacial score (nSPS) is 31.6. The van der Waals surface area contributed by atoms with Crippen LogP contribution in [0.5, 0.6) is 0 Å². The molecule has 1 N–H and O–H groups in total. The number of halogens is 3. The van der Waals surface area contributed by atoms with Crippen LogP contribution in [0.4, 0.5) is 0 Å². The van der Waals surface area contributed by atoms with Gasteiger partial charge in [-0.1, -0.05) is 65.1 Å². The summed E-state index contributed by atoms with van der Waals surface area (Å²) in [7, 11) is 0. The summed E-state index contributed by atoms with van der Waals surface area (Å²) in [4.78, 5) is 50.7. The fourth-order valence-corrected chi connectivity index (χ4v) is 6.25. The number of carbonyl (C=O) groups excluding carboxylic acids is 4. The van der Waals surface area contributed by atoms with E-state index in [1.165, 1.54) is 16.7 Å². The number of β-lactam (4-membered cyclic amide) rings is 1. The Morgan fingerprint density at radius 1 is 1.35 bits per heavy atom. The van der Waals surface area contributed by atoms with Crippen LogP contribution in [-0.2, 0) is 28.7 Å². The van der Waals surface area contributed by atoms with Crippen molar-refractivity contribution in [3.63, 3.8) is 0 Å². The lowest BCUT2D eigenvalue weighted by molar-refractivity contribution is -0.167. The molecule has 4 unspecified atom stereocenters. The van der Waals surface area contributed by atoms with Gasteiger partial charge in [-0.2, -0.15) is 0 Å². The Balaban J connectivity index is 1.46. The number of thioether (sulfide) groups is 1. The Kier molecular flexibility index (Phi) is 5.61. The molecule has 1 aromatic carbocycles. The molecule has 0 aromatic heterocycles. The van der Waals surface area contributed by atoms with Gasteiger partial charge in [0.1, 0.15) is 18.0 Å². The monoisotopic (exact) mass is 506 g/mol. The average molecular weight is 508 g/mol. The van der Waals surface area contributed by atoms with Crippen LogP contribution in [0.25, 0.3) is 0 Å². The van der Waals surface area contributed by atoms with Crippen molar-refractivity contribution in [3.8, 4) is 0 Å². The number of carbonyl (C=O) groups is 4. The minimum Gasteiger partial charge on any atom is -0.459 e. The van der Waals surface area contributed by atoms with Crippen LogP contribution < -0.4 is 5.32 Å². The van der Waals surface area contributed by atoms with E-state index in [2.05, 4.69) is 5.32 Å². The predicted molar refractivity (Wildman–Crippen MR) is 113 cm³/mol. The van der Waals surface area contributed by atoms with Gasteiger partial charge in [0.2, 0.25) is 15.8 Å². The van der Waals surface area contributed by atoms with Gasteiger partial charge < -0.3 is 19.7 Å². The molecule has 1 aliphatic carbocycles. The number of rotatable bonds is 7. The first kappa shape index (κ1) is 22.5. The molecule has 3 aliphatic rings. The van der Waals surface area contributed by atoms with Crippen molar-refractivity contribution in [1.29, 1.82) is 0 Å². The Hall–Kier alpha value is -1.68. The zero-order valence-corrected chi connectivity index (χ0v) is 19.1. The predicted octanol–water partition coefficient (Wildman–Crippen LogP) is 2.12. The lowest BCUT2D eigenvalue weighted by atomic mass is 10.00. The highest BCUT2D eigenvalue weighted by Gasteiger charge is 2.85. The van der Waals surface area contributed by atoms with Crippen molar-refractivity contribution in [2.45, 2.75) is 44.9 Å². The molecule has 3 fully saturated rings. The topological polar surface area (TPSA) is 102 Å². The number of hydrogen-bond donors (Lipinski definition) is 1. The molecule has 5 atom stereocenters. The van der Waals surface area contributed by atoms with E-state index in [0.717, 1.165) is 0 Å². The summed E-state index contributed by atoms with van der Waals surface area (Å²) < 4.78 is 7.78. The summed E-state index contributed by atoms with van der Waals surface area (Å²) in [6.07, 6.45) is -0.784. The molecule has 2 aliphatic heterocycles. The number of amides is 2. The van der Waals surface area contributed by atoms with Crippen LogP contribution in [0.2, 0.25) is 0 Å². The number of esters is 1.